The summed E-state index contributed by atoms with van der Waals surface area (Å²) in [6, 6.07) is 2.08. The van der Waals surface area contributed by atoms with Gasteiger partial charge in [-0.15, -0.1) is 0 Å². The van der Waals surface area contributed by atoms with Crippen LogP contribution in [-0.2, 0) is 0 Å². The number of H-pyrrole nitrogens is 1. The van der Waals surface area contributed by atoms with Gasteiger partial charge in [-0.25, -0.2) is 0 Å². The van der Waals surface area contributed by atoms with Crippen LogP contribution >= 0.6 is 12.2 Å². The predicted molar refractivity (Wildman–Crippen MR) is 59.9 cm³/mol. The molecular formula is C10H16N2S. The molecule has 2 nitrogen and oxygen atoms in total. The third kappa shape index (κ3) is 2.10. The summed E-state index contributed by atoms with van der Waals surface area (Å²) < 4.78 is 0.837. The van der Waals surface area contributed by atoms with Crippen molar-refractivity contribution in [3.8, 4) is 0 Å². The van der Waals surface area contributed by atoms with Crippen LogP contribution in [0, 0.1) is 11.6 Å². The first-order valence-corrected chi connectivity index (χ1v) is 5.04. The van der Waals surface area contributed by atoms with Gasteiger partial charge in [-0.05, 0) is 26.8 Å². The summed E-state index contributed by atoms with van der Waals surface area (Å²) in [5, 5.41) is 0. The lowest BCUT2D eigenvalue weighted by Gasteiger charge is -2.22. The molecule has 0 saturated carbocycles. The maximum Gasteiger partial charge on any atom is 0.108 e. The molecule has 0 amide bonds. The van der Waals surface area contributed by atoms with Crippen molar-refractivity contribution in [2.75, 3.05) is 18.0 Å². The van der Waals surface area contributed by atoms with Gasteiger partial charge in [0.25, 0.3) is 0 Å². The molecule has 0 saturated heterocycles. The van der Waals surface area contributed by atoms with Crippen molar-refractivity contribution in [1.82, 2.24) is 4.98 Å². The van der Waals surface area contributed by atoms with Crippen LogP contribution in [0.3, 0.4) is 0 Å². The normalized spacial score (nSPS) is 10.1. The highest BCUT2D eigenvalue weighted by molar-refractivity contribution is 7.71. The van der Waals surface area contributed by atoms with Crippen molar-refractivity contribution in [2.45, 2.75) is 20.8 Å². The molecule has 1 N–H and O–H groups in total. The Morgan fingerprint density at radius 3 is 2.54 bits per heavy atom. The fourth-order valence-corrected chi connectivity index (χ4v) is 1.63. The van der Waals surface area contributed by atoms with Crippen LogP contribution in [0.1, 0.15) is 19.4 Å². The molecule has 1 aromatic heterocycles. The molecular weight excluding hydrogens is 180 g/mol. The number of nitrogens with zero attached hydrogens (tertiary/aromatic N) is 1. The van der Waals surface area contributed by atoms with Crippen molar-refractivity contribution >= 4 is 17.9 Å². The van der Waals surface area contributed by atoms with E-state index in [2.05, 4.69) is 36.7 Å². The molecule has 0 atom stereocenters. The lowest BCUT2D eigenvalue weighted by molar-refractivity contribution is 0.859. The molecule has 13 heavy (non-hydrogen) atoms. The van der Waals surface area contributed by atoms with Gasteiger partial charge >= 0.3 is 0 Å². The van der Waals surface area contributed by atoms with Crippen molar-refractivity contribution in [1.29, 1.82) is 0 Å². The van der Waals surface area contributed by atoms with E-state index in [9.17, 15) is 0 Å². The van der Waals surface area contributed by atoms with E-state index in [1.54, 1.807) is 0 Å². The molecule has 1 aromatic rings. The molecule has 0 aliphatic rings. The van der Waals surface area contributed by atoms with Gasteiger partial charge in [-0.2, -0.15) is 0 Å². The summed E-state index contributed by atoms with van der Waals surface area (Å²) in [7, 11) is 0. The average molecular weight is 196 g/mol. The van der Waals surface area contributed by atoms with Gasteiger partial charge < -0.3 is 9.88 Å². The van der Waals surface area contributed by atoms with E-state index in [0.717, 1.165) is 17.7 Å². The number of hydrogen-bond acceptors (Lipinski definition) is 2. The first kappa shape index (κ1) is 10.3. The Kier molecular flexibility index (Phi) is 3.48. The second-order valence-electron chi connectivity index (χ2n) is 2.99. The molecule has 0 aliphatic heterocycles. The fourth-order valence-electron chi connectivity index (χ4n) is 1.45. The van der Waals surface area contributed by atoms with Gasteiger partial charge in [0.1, 0.15) is 4.64 Å². The molecule has 1 heterocycles. The zero-order valence-corrected chi connectivity index (χ0v) is 9.24. The Bertz CT molecular complexity index is 326. The van der Waals surface area contributed by atoms with Crippen LogP contribution in [0.2, 0.25) is 0 Å². The molecule has 1 rings (SSSR count). The van der Waals surface area contributed by atoms with Gasteiger partial charge in [0, 0.05) is 30.5 Å². The molecule has 0 aromatic carbocycles. The Labute approximate surface area is 84.6 Å². The minimum atomic E-state index is 0.837. The van der Waals surface area contributed by atoms with Crippen molar-refractivity contribution in [3.05, 3.63) is 22.5 Å². The average Bonchev–Trinajstić information content (AvgIpc) is 2.14. The summed E-state index contributed by atoms with van der Waals surface area (Å²) in [4.78, 5) is 5.34. The fraction of sp³-hybridized carbons (Fsp3) is 0.500. The number of hydrogen-bond donors (Lipinski definition) is 1. The lowest BCUT2D eigenvalue weighted by atomic mass is 10.2. The van der Waals surface area contributed by atoms with Crippen molar-refractivity contribution < 1.29 is 0 Å². The highest BCUT2D eigenvalue weighted by Gasteiger charge is 2.04. The maximum atomic E-state index is 5.17. The maximum absolute atomic E-state index is 5.17. The Morgan fingerprint density at radius 2 is 2.00 bits per heavy atom. The Balaban J connectivity index is 3.13. The minimum absolute atomic E-state index is 0.837. The lowest BCUT2D eigenvalue weighted by Crippen LogP contribution is -2.22. The second-order valence-corrected chi connectivity index (χ2v) is 3.40. The molecule has 0 bridgehead atoms. The van der Waals surface area contributed by atoms with E-state index in [4.69, 9.17) is 12.2 Å². The number of nitrogens with one attached hydrogen (secondary N) is 1. The molecule has 0 unspecified atom stereocenters. The van der Waals surface area contributed by atoms with E-state index in [-0.39, 0.29) is 0 Å². The van der Waals surface area contributed by atoms with E-state index in [1.165, 1.54) is 11.3 Å². The zero-order chi connectivity index (χ0) is 9.84. The predicted octanol–water partition coefficient (Wildman–Crippen LogP) is 2.90. The van der Waals surface area contributed by atoms with Gasteiger partial charge in [0.15, 0.2) is 0 Å². The number of rotatable bonds is 3. The molecule has 0 spiro atoms. The van der Waals surface area contributed by atoms with Gasteiger partial charge in [0.2, 0.25) is 0 Å². The monoisotopic (exact) mass is 196 g/mol. The molecule has 0 aliphatic carbocycles. The summed E-state index contributed by atoms with van der Waals surface area (Å²) in [6.07, 6.45) is 1.91. The van der Waals surface area contributed by atoms with E-state index in [0.29, 0.717) is 0 Å². The SMILES string of the molecule is CCN(CC)c1cc[nH]c(=S)c1C. The van der Waals surface area contributed by atoms with Crippen LogP contribution in [0.25, 0.3) is 0 Å². The second kappa shape index (κ2) is 4.42. The standard InChI is InChI=1S/C10H16N2S/c1-4-12(5-2)9-6-7-11-10(13)8(9)3/h6-7H,4-5H2,1-3H3,(H,11,13). The quantitative estimate of drug-likeness (QED) is 0.750. The zero-order valence-electron chi connectivity index (χ0n) is 8.42. The molecule has 0 fully saturated rings. The Morgan fingerprint density at radius 1 is 1.38 bits per heavy atom. The van der Waals surface area contributed by atoms with Crippen molar-refractivity contribution in [2.24, 2.45) is 0 Å². The topological polar surface area (TPSA) is 19.0 Å². The first-order chi connectivity index (χ1) is 6.20. The Hall–Kier alpha value is -0.830. The molecule has 3 heteroatoms. The number of pyridine rings is 1. The van der Waals surface area contributed by atoms with E-state index < -0.39 is 0 Å². The van der Waals surface area contributed by atoms with Crippen LogP contribution in [0.15, 0.2) is 12.3 Å². The summed E-state index contributed by atoms with van der Waals surface area (Å²) in [5.74, 6) is 0. The van der Waals surface area contributed by atoms with Gasteiger partial charge in [-0.3, -0.25) is 0 Å². The first-order valence-electron chi connectivity index (χ1n) is 4.64. The smallest absolute Gasteiger partial charge is 0.108 e. The van der Waals surface area contributed by atoms with Crippen molar-refractivity contribution in [3.63, 3.8) is 0 Å². The number of aromatic nitrogens is 1. The summed E-state index contributed by atoms with van der Waals surface area (Å²) in [6.45, 7) is 8.42. The summed E-state index contributed by atoms with van der Waals surface area (Å²) in [5.41, 5.74) is 2.41. The highest BCUT2D eigenvalue weighted by Crippen LogP contribution is 2.18. The highest BCUT2D eigenvalue weighted by atomic mass is 32.1. The van der Waals surface area contributed by atoms with Crippen LogP contribution < -0.4 is 4.90 Å². The third-order valence-corrected chi connectivity index (χ3v) is 2.71. The van der Waals surface area contributed by atoms with Crippen LogP contribution in [-0.4, -0.2) is 18.1 Å². The molecule has 72 valence electrons. The number of aromatic amines is 1. The third-order valence-electron chi connectivity index (χ3n) is 2.28. The van der Waals surface area contributed by atoms with E-state index in [1.807, 2.05) is 6.20 Å². The number of anilines is 1. The minimum Gasteiger partial charge on any atom is -0.372 e. The molecule has 0 radical (unpaired) electrons. The van der Waals surface area contributed by atoms with Gasteiger partial charge in [-0.1, -0.05) is 12.2 Å². The van der Waals surface area contributed by atoms with Crippen LogP contribution in [0.4, 0.5) is 5.69 Å². The van der Waals surface area contributed by atoms with Crippen LogP contribution in [0.5, 0.6) is 0 Å². The van der Waals surface area contributed by atoms with Gasteiger partial charge in [0.05, 0.1) is 0 Å². The summed E-state index contributed by atoms with van der Waals surface area (Å²) >= 11 is 5.17. The van der Waals surface area contributed by atoms with E-state index >= 15 is 0 Å². The largest absolute Gasteiger partial charge is 0.372 e.